The Balaban J connectivity index is 1.80. The first-order chi connectivity index (χ1) is 14.9. The van der Waals surface area contributed by atoms with Gasteiger partial charge in [-0.05, 0) is 103 Å². The molecule has 0 aromatic heterocycles. The minimum atomic E-state index is -0.177. The van der Waals surface area contributed by atoms with E-state index in [0.717, 1.165) is 32.7 Å². The number of rotatable bonds is 8. The SMILES string of the molecule is CCOc1ccc(N=C2NC(=O)/C(=C\c3cc(I)c(O[C@@H](C)CC)c(OC)c3)S2)cc1. The van der Waals surface area contributed by atoms with Gasteiger partial charge in [0.1, 0.15) is 5.75 Å². The normalized spacial score (nSPS) is 17.0. The van der Waals surface area contributed by atoms with Crippen molar-refractivity contribution in [1.29, 1.82) is 0 Å². The van der Waals surface area contributed by atoms with E-state index in [2.05, 4.69) is 39.8 Å². The lowest BCUT2D eigenvalue weighted by molar-refractivity contribution is -0.115. The molecule has 1 aliphatic heterocycles. The van der Waals surface area contributed by atoms with Crippen LogP contribution in [0, 0.1) is 3.57 Å². The van der Waals surface area contributed by atoms with Gasteiger partial charge in [0, 0.05) is 0 Å². The number of carbonyl (C=O) groups is 1. The summed E-state index contributed by atoms with van der Waals surface area (Å²) in [5.41, 5.74) is 1.60. The predicted molar refractivity (Wildman–Crippen MR) is 135 cm³/mol. The van der Waals surface area contributed by atoms with E-state index in [0.29, 0.717) is 22.4 Å². The zero-order valence-electron chi connectivity index (χ0n) is 17.9. The fraction of sp³-hybridized carbons (Fsp3) is 0.304. The third-order valence-corrected chi connectivity index (χ3v) is 6.18. The Labute approximate surface area is 200 Å². The van der Waals surface area contributed by atoms with Crippen molar-refractivity contribution in [3.8, 4) is 17.2 Å². The maximum absolute atomic E-state index is 12.5. The third-order valence-electron chi connectivity index (χ3n) is 4.47. The molecule has 1 aliphatic rings. The van der Waals surface area contributed by atoms with Gasteiger partial charge in [-0.25, -0.2) is 4.99 Å². The number of benzene rings is 2. The third kappa shape index (κ3) is 6.16. The largest absolute Gasteiger partial charge is 0.494 e. The number of thioether (sulfide) groups is 1. The Morgan fingerprint density at radius 2 is 1.97 bits per heavy atom. The Hall–Kier alpha value is -2.20. The molecule has 6 nitrogen and oxygen atoms in total. The van der Waals surface area contributed by atoms with Crippen molar-refractivity contribution >= 4 is 57.2 Å². The lowest BCUT2D eigenvalue weighted by atomic mass is 10.2. The van der Waals surface area contributed by atoms with E-state index in [1.165, 1.54) is 11.8 Å². The topological polar surface area (TPSA) is 69.2 Å². The molecule has 0 unspecified atom stereocenters. The van der Waals surface area contributed by atoms with Crippen molar-refractivity contribution in [2.75, 3.05) is 13.7 Å². The highest BCUT2D eigenvalue weighted by Gasteiger charge is 2.24. The minimum absolute atomic E-state index is 0.0872. The second-order valence-electron chi connectivity index (χ2n) is 6.78. The molecule has 164 valence electrons. The molecule has 1 heterocycles. The van der Waals surface area contributed by atoms with Crippen molar-refractivity contribution in [2.24, 2.45) is 4.99 Å². The van der Waals surface area contributed by atoms with Crippen molar-refractivity contribution in [3.05, 3.63) is 50.4 Å². The summed E-state index contributed by atoms with van der Waals surface area (Å²) in [6.07, 6.45) is 2.82. The highest BCUT2D eigenvalue weighted by molar-refractivity contribution is 14.1. The van der Waals surface area contributed by atoms with E-state index in [-0.39, 0.29) is 12.0 Å². The smallest absolute Gasteiger partial charge is 0.264 e. The average Bonchev–Trinajstić information content (AvgIpc) is 3.09. The van der Waals surface area contributed by atoms with Gasteiger partial charge in [0.15, 0.2) is 16.7 Å². The number of ether oxygens (including phenoxy) is 3. The van der Waals surface area contributed by atoms with E-state index < -0.39 is 0 Å². The molecule has 1 N–H and O–H groups in total. The standard InChI is InChI=1S/C23H25IN2O4S/c1-5-14(3)30-21-18(24)11-15(12-19(21)28-4)13-20-22(27)26-23(31-20)25-16-7-9-17(10-8-16)29-6-2/h7-14H,5-6H2,1-4H3,(H,25,26,27)/b20-13+/t14-/m0/s1. The van der Waals surface area contributed by atoms with Crippen molar-refractivity contribution < 1.29 is 19.0 Å². The Morgan fingerprint density at radius 1 is 1.23 bits per heavy atom. The number of aliphatic imine (C=N–C) groups is 1. The molecular weight excluding hydrogens is 527 g/mol. The molecule has 31 heavy (non-hydrogen) atoms. The molecule has 0 radical (unpaired) electrons. The van der Waals surface area contributed by atoms with Gasteiger partial charge in [-0.3, -0.25) is 4.79 Å². The molecule has 2 aromatic carbocycles. The average molecular weight is 552 g/mol. The number of hydrogen-bond acceptors (Lipinski definition) is 6. The summed E-state index contributed by atoms with van der Waals surface area (Å²) in [5.74, 6) is 1.98. The van der Waals surface area contributed by atoms with Gasteiger partial charge in [0.2, 0.25) is 0 Å². The molecule has 2 aromatic rings. The molecule has 0 bridgehead atoms. The summed E-state index contributed by atoms with van der Waals surface area (Å²) in [5, 5.41) is 3.36. The lowest BCUT2D eigenvalue weighted by Gasteiger charge is -2.17. The number of amides is 1. The van der Waals surface area contributed by atoms with Crippen LogP contribution < -0.4 is 19.5 Å². The van der Waals surface area contributed by atoms with Crippen molar-refractivity contribution in [1.82, 2.24) is 5.32 Å². The summed E-state index contributed by atoms with van der Waals surface area (Å²) in [6.45, 7) is 6.65. The molecule has 1 saturated heterocycles. The maximum atomic E-state index is 12.5. The second kappa shape index (κ2) is 10.9. The monoisotopic (exact) mass is 552 g/mol. The van der Waals surface area contributed by atoms with E-state index in [1.807, 2.05) is 56.3 Å². The van der Waals surface area contributed by atoms with Crippen LogP contribution in [0.5, 0.6) is 17.2 Å². The van der Waals surface area contributed by atoms with Crippen LogP contribution in [0.2, 0.25) is 0 Å². The maximum Gasteiger partial charge on any atom is 0.264 e. The highest BCUT2D eigenvalue weighted by atomic mass is 127. The summed E-state index contributed by atoms with van der Waals surface area (Å²) >= 11 is 3.53. The fourth-order valence-electron chi connectivity index (χ4n) is 2.75. The van der Waals surface area contributed by atoms with Gasteiger partial charge >= 0.3 is 0 Å². The number of nitrogens with zero attached hydrogens (tertiary/aromatic N) is 1. The first-order valence-electron chi connectivity index (χ1n) is 10.00. The van der Waals surface area contributed by atoms with Gasteiger partial charge in [0.25, 0.3) is 5.91 Å². The van der Waals surface area contributed by atoms with Crippen LogP contribution in [-0.4, -0.2) is 30.9 Å². The summed E-state index contributed by atoms with van der Waals surface area (Å²) < 4.78 is 17.9. The Kier molecular flexibility index (Phi) is 8.25. The number of halogens is 1. The van der Waals surface area contributed by atoms with E-state index >= 15 is 0 Å². The summed E-state index contributed by atoms with van der Waals surface area (Å²) in [4.78, 5) is 17.5. The molecule has 3 rings (SSSR count). The summed E-state index contributed by atoms with van der Waals surface area (Å²) in [7, 11) is 1.62. The van der Waals surface area contributed by atoms with Crippen LogP contribution in [0.25, 0.3) is 6.08 Å². The number of hydrogen-bond donors (Lipinski definition) is 1. The van der Waals surface area contributed by atoms with Crippen LogP contribution >= 0.6 is 34.4 Å². The highest BCUT2D eigenvalue weighted by Crippen LogP contribution is 2.37. The van der Waals surface area contributed by atoms with Gasteiger partial charge in [0.05, 0.1) is 34.0 Å². The predicted octanol–water partition coefficient (Wildman–Crippen LogP) is 5.77. The van der Waals surface area contributed by atoms with Crippen LogP contribution in [-0.2, 0) is 4.79 Å². The minimum Gasteiger partial charge on any atom is -0.494 e. The van der Waals surface area contributed by atoms with Crippen molar-refractivity contribution in [2.45, 2.75) is 33.3 Å². The van der Waals surface area contributed by atoms with Gasteiger partial charge in [-0.1, -0.05) is 6.92 Å². The van der Waals surface area contributed by atoms with Crippen LogP contribution in [0.3, 0.4) is 0 Å². The Morgan fingerprint density at radius 3 is 2.61 bits per heavy atom. The fourth-order valence-corrected chi connectivity index (χ4v) is 4.35. The number of nitrogens with one attached hydrogen (secondary N) is 1. The number of amidine groups is 1. The van der Waals surface area contributed by atoms with Crippen LogP contribution in [0.4, 0.5) is 5.69 Å². The Bertz CT molecular complexity index is 1010. The summed E-state index contributed by atoms with van der Waals surface area (Å²) in [6, 6.07) is 11.3. The van der Waals surface area contributed by atoms with Gasteiger partial charge in [-0.15, -0.1) is 0 Å². The molecule has 0 spiro atoms. The zero-order chi connectivity index (χ0) is 22.4. The van der Waals surface area contributed by atoms with Crippen LogP contribution in [0.15, 0.2) is 46.3 Å². The molecule has 0 aliphatic carbocycles. The lowest BCUT2D eigenvalue weighted by Crippen LogP contribution is -2.19. The molecular formula is C23H25IN2O4S. The van der Waals surface area contributed by atoms with Crippen molar-refractivity contribution in [3.63, 3.8) is 0 Å². The van der Waals surface area contributed by atoms with Gasteiger partial charge < -0.3 is 19.5 Å². The zero-order valence-corrected chi connectivity index (χ0v) is 20.9. The first-order valence-corrected chi connectivity index (χ1v) is 11.9. The van der Waals surface area contributed by atoms with Gasteiger partial charge in [-0.2, -0.15) is 0 Å². The molecule has 1 fully saturated rings. The number of carbonyl (C=O) groups excluding carboxylic acids is 1. The van der Waals surface area contributed by atoms with Crippen LogP contribution in [0.1, 0.15) is 32.8 Å². The van der Waals surface area contributed by atoms with E-state index in [1.54, 1.807) is 7.11 Å². The molecule has 1 amide bonds. The second-order valence-corrected chi connectivity index (χ2v) is 8.97. The molecule has 1 atom stereocenters. The molecule has 0 saturated carbocycles. The molecule has 8 heteroatoms. The number of methoxy groups -OCH3 is 1. The van der Waals surface area contributed by atoms with E-state index in [9.17, 15) is 4.79 Å². The van der Waals surface area contributed by atoms with E-state index in [4.69, 9.17) is 14.2 Å². The quantitative estimate of drug-likeness (QED) is 0.333. The first kappa shape index (κ1) is 23.5.